The first-order chi connectivity index (χ1) is 18.3. The Labute approximate surface area is 223 Å². The highest BCUT2D eigenvalue weighted by Crippen LogP contribution is 2.29. The number of benzene rings is 3. The summed E-state index contributed by atoms with van der Waals surface area (Å²) in [5, 5.41) is 11.9. The van der Waals surface area contributed by atoms with Gasteiger partial charge in [-0.15, -0.1) is 0 Å². The SMILES string of the molecule is Cc1cccc(CNC(=O)[C@@]2(CCS(=O)(=O)c3ccccc3)COC(c3ccc(OCCCO)cc3)=N2)c1. The molecule has 3 aromatic carbocycles. The first-order valence-electron chi connectivity index (χ1n) is 12.5. The lowest BCUT2D eigenvalue weighted by molar-refractivity contribution is -0.126. The molecule has 2 N–H and O–H groups in total. The van der Waals surface area contributed by atoms with Crippen molar-refractivity contribution in [2.75, 3.05) is 25.6 Å². The second kappa shape index (κ2) is 12.2. The lowest BCUT2D eigenvalue weighted by Crippen LogP contribution is -2.47. The van der Waals surface area contributed by atoms with Gasteiger partial charge in [0.25, 0.3) is 5.91 Å². The molecule has 1 heterocycles. The largest absolute Gasteiger partial charge is 0.494 e. The number of amides is 1. The minimum absolute atomic E-state index is 0.0320. The Bertz CT molecular complexity index is 1370. The molecule has 0 saturated heterocycles. The van der Waals surface area contributed by atoms with E-state index in [0.717, 1.165) is 11.1 Å². The normalized spacial score (nSPS) is 16.9. The van der Waals surface area contributed by atoms with Crippen LogP contribution in [0.2, 0.25) is 0 Å². The third-order valence-electron chi connectivity index (χ3n) is 6.28. The molecular weight excluding hydrogens is 504 g/mol. The number of rotatable bonds is 12. The molecule has 0 radical (unpaired) electrons. The third kappa shape index (κ3) is 6.79. The molecule has 8 nitrogen and oxygen atoms in total. The van der Waals surface area contributed by atoms with Crippen LogP contribution < -0.4 is 10.1 Å². The molecule has 0 fully saturated rings. The monoisotopic (exact) mass is 536 g/mol. The van der Waals surface area contributed by atoms with Crippen molar-refractivity contribution < 1.29 is 27.8 Å². The minimum atomic E-state index is -3.63. The van der Waals surface area contributed by atoms with Crippen molar-refractivity contribution >= 4 is 21.6 Å². The van der Waals surface area contributed by atoms with Crippen LogP contribution in [0.3, 0.4) is 0 Å². The molecule has 200 valence electrons. The van der Waals surface area contributed by atoms with Gasteiger partial charge in [0, 0.05) is 25.1 Å². The number of aryl methyl sites for hydroxylation is 1. The van der Waals surface area contributed by atoms with E-state index in [-0.39, 0.29) is 42.1 Å². The van der Waals surface area contributed by atoms with E-state index < -0.39 is 15.4 Å². The number of carbonyl (C=O) groups is 1. The summed E-state index contributed by atoms with van der Waals surface area (Å²) in [5.41, 5.74) is 1.27. The maximum atomic E-state index is 13.5. The number of nitrogens with zero attached hydrogens (tertiary/aromatic N) is 1. The van der Waals surface area contributed by atoms with Gasteiger partial charge in [-0.25, -0.2) is 13.4 Å². The summed E-state index contributed by atoms with van der Waals surface area (Å²) >= 11 is 0. The smallest absolute Gasteiger partial charge is 0.251 e. The molecule has 9 heteroatoms. The molecule has 4 rings (SSSR count). The van der Waals surface area contributed by atoms with Crippen LogP contribution in [0.5, 0.6) is 5.75 Å². The first-order valence-corrected chi connectivity index (χ1v) is 14.1. The molecule has 3 aromatic rings. The van der Waals surface area contributed by atoms with Gasteiger partial charge in [0.1, 0.15) is 12.4 Å². The van der Waals surface area contributed by atoms with Crippen LogP contribution in [0.1, 0.15) is 29.5 Å². The van der Waals surface area contributed by atoms with Crippen LogP contribution in [0.25, 0.3) is 0 Å². The molecule has 0 bridgehead atoms. The fourth-order valence-corrected chi connectivity index (χ4v) is 5.53. The number of nitrogens with one attached hydrogen (secondary N) is 1. The fourth-order valence-electron chi connectivity index (χ4n) is 4.12. The molecule has 1 amide bonds. The number of aliphatic hydroxyl groups is 1. The van der Waals surface area contributed by atoms with Gasteiger partial charge in [-0.3, -0.25) is 4.79 Å². The summed E-state index contributed by atoms with van der Waals surface area (Å²) in [4.78, 5) is 18.4. The lowest BCUT2D eigenvalue weighted by Gasteiger charge is -2.23. The van der Waals surface area contributed by atoms with Gasteiger partial charge < -0.3 is 19.9 Å². The Morgan fingerprint density at radius 2 is 1.84 bits per heavy atom. The molecule has 0 unspecified atom stereocenters. The van der Waals surface area contributed by atoms with Crippen LogP contribution in [0.4, 0.5) is 0 Å². The van der Waals surface area contributed by atoms with E-state index in [1.165, 1.54) is 0 Å². The Kier molecular flexibility index (Phi) is 8.81. The fraction of sp³-hybridized carbons (Fsp3) is 0.310. The van der Waals surface area contributed by atoms with Gasteiger partial charge in [-0.2, -0.15) is 0 Å². The zero-order valence-electron chi connectivity index (χ0n) is 21.3. The van der Waals surface area contributed by atoms with Gasteiger partial charge in [0.2, 0.25) is 5.90 Å². The zero-order valence-corrected chi connectivity index (χ0v) is 22.1. The second-order valence-electron chi connectivity index (χ2n) is 9.24. The Balaban J connectivity index is 1.55. The molecule has 0 aliphatic carbocycles. The van der Waals surface area contributed by atoms with Gasteiger partial charge in [-0.1, -0.05) is 48.0 Å². The van der Waals surface area contributed by atoms with Gasteiger partial charge in [-0.05, 0) is 55.3 Å². The Morgan fingerprint density at radius 3 is 2.55 bits per heavy atom. The van der Waals surface area contributed by atoms with Crippen molar-refractivity contribution in [2.45, 2.75) is 36.7 Å². The van der Waals surface area contributed by atoms with Gasteiger partial charge >= 0.3 is 0 Å². The predicted octanol–water partition coefficient (Wildman–Crippen LogP) is 3.45. The number of carbonyl (C=O) groups excluding carboxylic acids is 1. The summed E-state index contributed by atoms with van der Waals surface area (Å²) < 4.78 is 37.5. The van der Waals surface area contributed by atoms with Crippen molar-refractivity contribution in [2.24, 2.45) is 4.99 Å². The quantitative estimate of drug-likeness (QED) is 0.343. The summed E-state index contributed by atoms with van der Waals surface area (Å²) in [7, 11) is -3.63. The molecular formula is C29H32N2O6S. The van der Waals surface area contributed by atoms with E-state index in [1.54, 1.807) is 54.6 Å². The number of aliphatic hydroxyl groups excluding tert-OH is 1. The third-order valence-corrected chi connectivity index (χ3v) is 8.01. The Morgan fingerprint density at radius 1 is 1.08 bits per heavy atom. The van der Waals surface area contributed by atoms with E-state index in [0.29, 0.717) is 30.9 Å². The van der Waals surface area contributed by atoms with E-state index >= 15 is 0 Å². The number of hydrogen-bond donors (Lipinski definition) is 2. The molecule has 1 atom stereocenters. The lowest BCUT2D eigenvalue weighted by atomic mass is 9.97. The van der Waals surface area contributed by atoms with Crippen LogP contribution in [-0.4, -0.2) is 56.4 Å². The van der Waals surface area contributed by atoms with E-state index in [4.69, 9.17) is 14.6 Å². The highest BCUT2D eigenvalue weighted by Gasteiger charge is 2.45. The summed E-state index contributed by atoms with van der Waals surface area (Å²) in [6, 6.07) is 23.1. The summed E-state index contributed by atoms with van der Waals surface area (Å²) in [5.74, 6) is 0.264. The van der Waals surface area contributed by atoms with Crippen molar-refractivity contribution in [1.82, 2.24) is 5.32 Å². The van der Waals surface area contributed by atoms with E-state index in [1.807, 2.05) is 31.2 Å². The predicted molar refractivity (Wildman–Crippen MR) is 145 cm³/mol. The average molecular weight is 537 g/mol. The molecule has 1 aliphatic heterocycles. The second-order valence-corrected chi connectivity index (χ2v) is 11.4. The topological polar surface area (TPSA) is 114 Å². The molecule has 1 aliphatic rings. The van der Waals surface area contributed by atoms with E-state index in [2.05, 4.69) is 10.3 Å². The maximum Gasteiger partial charge on any atom is 0.251 e. The van der Waals surface area contributed by atoms with E-state index in [9.17, 15) is 13.2 Å². The number of hydrogen-bond acceptors (Lipinski definition) is 7. The van der Waals surface area contributed by atoms with Crippen LogP contribution in [0, 0.1) is 6.92 Å². The Hall–Kier alpha value is -3.69. The van der Waals surface area contributed by atoms with Gasteiger partial charge in [0.05, 0.1) is 17.3 Å². The highest BCUT2D eigenvalue weighted by molar-refractivity contribution is 7.91. The van der Waals surface area contributed by atoms with Crippen LogP contribution in [-0.2, 0) is 25.9 Å². The first kappa shape index (κ1) is 27.3. The summed E-state index contributed by atoms with van der Waals surface area (Å²) in [6.45, 7) is 2.65. The number of aliphatic imine (C=N–C) groups is 1. The molecule has 0 spiro atoms. The standard InChI is InChI=1S/C29H32N2O6S/c1-22-7-5-8-23(19-22)20-30-28(33)29(15-18-38(34,35)26-9-3-2-4-10-26)21-37-27(31-29)24-11-13-25(14-12-24)36-17-6-16-32/h2-5,7-14,19,32H,6,15-18,20-21H2,1H3,(H,30,33)/t29-/m1/s1. The van der Waals surface area contributed by atoms with Crippen molar-refractivity contribution in [1.29, 1.82) is 0 Å². The molecule has 0 aromatic heterocycles. The van der Waals surface area contributed by atoms with Crippen molar-refractivity contribution in [3.05, 3.63) is 95.6 Å². The average Bonchev–Trinajstić information content (AvgIpc) is 3.38. The van der Waals surface area contributed by atoms with Crippen LogP contribution in [0.15, 0.2) is 88.8 Å². The maximum absolute atomic E-state index is 13.5. The van der Waals surface area contributed by atoms with Crippen molar-refractivity contribution in [3.63, 3.8) is 0 Å². The zero-order chi connectivity index (χ0) is 27.0. The van der Waals surface area contributed by atoms with Crippen LogP contribution >= 0.6 is 0 Å². The molecule has 38 heavy (non-hydrogen) atoms. The summed E-state index contributed by atoms with van der Waals surface area (Å²) in [6.07, 6.45) is 0.499. The number of ether oxygens (including phenoxy) is 2. The highest BCUT2D eigenvalue weighted by atomic mass is 32.2. The van der Waals surface area contributed by atoms with Gasteiger partial charge in [0.15, 0.2) is 15.4 Å². The minimum Gasteiger partial charge on any atom is -0.494 e. The van der Waals surface area contributed by atoms with Crippen molar-refractivity contribution in [3.8, 4) is 5.75 Å². The number of sulfone groups is 1. The molecule has 0 saturated carbocycles.